The van der Waals surface area contributed by atoms with Gasteiger partial charge in [-0.1, -0.05) is 6.92 Å². The summed E-state index contributed by atoms with van der Waals surface area (Å²) in [6, 6.07) is 8.21. The van der Waals surface area contributed by atoms with Crippen molar-refractivity contribution in [1.29, 1.82) is 0 Å². The van der Waals surface area contributed by atoms with Gasteiger partial charge in [-0.05, 0) is 72.7 Å². The van der Waals surface area contributed by atoms with E-state index in [9.17, 15) is 4.79 Å². The SMILES string of the molecule is CCCN1CCC(N(C)C(=O)c2ccc(I)cc2)CC1. The largest absolute Gasteiger partial charge is 0.339 e. The maximum Gasteiger partial charge on any atom is 0.253 e. The van der Waals surface area contributed by atoms with Crippen LogP contribution in [0.3, 0.4) is 0 Å². The second-order valence-electron chi connectivity index (χ2n) is 5.50. The standard InChI is InChI=1S/C16H23IN2O/c1-3-10-19-11-8-15(9-12-19)18(2)16(20)13-4-6-14(17)7-5-13/h4-7,15H,3,8-12H2,1-2H3. The molecule has 1 aromatic rings. The Morgan fingerprint density at radius 1 is 1.30 bits per heavy atom. The number of benzene rings is 1. The molecule has 0 aromatic heterocycles. The Kier molecular flexibility index (Phi) is 5.84. The van der Waals surface area contributed by atoms with Crippen LogP contribution in [0.2, 0.25) is 0 Å². The van der Waals surface area contributed by atoms with Crippen molar-refractivity contribution < 1.29 is 4.79 Å². The third-order valence-electron chi connectivity index (χ3n) is 4.06. The van der Waals surface area contributed by atoms with Gasteiger partial charge >= 0.3 is 0 Å². The molecular formula is C16H23IN2O. The lowest BCUT2D eigenvalue weighted by Crippen LogP contribution is -2.45. The molecule has 1 aromatic carbocycles. The number of carbonyl (C=O) groups is 1. The van der Waals surface area contributed by atoms with Crippen LogP contribution in [0.1, 0.15) is 36.5 Å². The highest BCUT2D eigenvalue weighted by Crippen LogP contribution is 2.18. The van der Waals surface area contributed by atoms with Gasteiger partial charge in [0.05, 0.1) is 0 Å². The smallest absolute Gasteiger partial charge is 0.253 e. The Balaban J connectivity index is 1.93. The average Bonchev–Trinajstić information content (AvgIpc) is 2.48. The van der Waals surface area contributed by atoms with Crippen LogP contribution in [0, 0.1) is 3.57 Å². The van der Waals surface area contributed by atoms with Crippen LogP contribution in [-0.4, -0.2) is 48.4 Å². The van der Waals surface area contributed by atoms with Gasteiger partial charge in [0.1, 0.15) is 0 Å². The van der Waals surface area contributed by atoms with Gasteiger partial charge in [-0.3, -0.25) is 4.79 Å². The average molecular weight is 386 g/mol. The fourth-order valence-electron chi connectivity index (χ4n) is 2.81. The van der Waals surface area contributed by atoms with E-state index in [2.05, 4.69) is 34.4 Å². The first-order chi connectivity index (χ1) is 9.61. The minimum absolute atomic E-state index is 0.148. The Morgan fingerprint density at radius 3 is 2.45 bits per heavy atom. The summed E-state index contributed by atoms with van der Waals surface area (Å²) in [7, 11) is 1.94. The summed E-state index contributed by atoms with van der Waals surface area (Å²) in [6.07, 6.45) is 3.39. The van der Waals surface area contributed by atoms with E-state index < -0.39 is 0 Å². The Hall–Kier alpha value is -0.620. The Labute approximate surface area is 135 Å². The van der Waals surface area contributed by atoms with E-state index in [1.165, 1.54) is 13.0 Å². The van der Waals surface area contributed by atoms with Crippen LogP contribution in [0.25, 0.3) is 0 Å². The molecule has 0 spiro atoms. The molecule has 0 bridgehead atoms. The second-order valence-corrected chi connectivity index (χ2v) is 6.74. The van der Waals surface area contributed by atoms with Crippen molar-refractivity contribution in [2.24, 2.45) is 0 Å². The number of rotatable bonds is 4. The number of piperidine rings is 1. The zero-order valence-corrected chi connectivity index (χ0v) is 14.5. The van der Waals surface area contributed by atoms with E-state index in [-0.39, 0.29) is 5.91 Å². The number of amides is 1. The molecule has 1 amide bonds. The molecule has 0 atom stereocenters. The van der Waals surface area contributed by atoms with Gasteiger partial charge in [0.2, 0.25) is 0 Å². The number of hydrogen-bond donors (Lipinski definition) is 0. The normalized spacial score (nSPS) is 17.1. The molecule has 0 radical (unpaired) electrons. The van der Waals surface area contributed by atoms with Gasteiger partial charge in [0, 0.05) is 35.3 Å². The van der Waals surface area contributed by atoms with Crippen molar-refractivity contribution in [2.45, 2.75) is 32.2 Å². The van der Waals surface area contributed by atoms with Crippen molar-refractivity contribution in [3.05, 3.63) is 33.4 Å². The lowest BCUT2D eigenvalue weighted by Gasteiger charge is -2.36. The maximum atomic E-state index is 12.5. The molecule has 0 saturated carbocycles. The summed E-state index contributed by atoms with van der Waals surface area (Å²) in [6.45, 7) is 5.63. The summed E-state index contributed by atoms with van der Waals surface area (Å²) in [5.41, 5.74) is 0.795. The highest BCUT2D eigenvalue weighted by Gasteiger charge is 2.25. The lowest BCUT2D eigenvalue weighted by molar-refractivity contribution is 0.0642. The van der Waals surface area contributed by atoms with Crippen LogP contribution < -0.4 is 0 Å². The lowest BCUT2D eigenvalue weighted by atomic mass is 10.0. The third kappa shape index (κ3) is 3.95. The first-order valence-electron chi connectivity index (χ1n) is 7.37. The van der Waals surface area contributed by atoms with Crippen LogP contribution in [0.15, 0.2) is 24.3 Å². The van der Waals surface area contributed by atoms with Crippen molar-refractivity contribution in [2.75, 3.05) is 26.7 Å². The van der Waals surface area contributed by atoms with Crippen molar-refractivity contribution in [3.63, 3.8) is 0 Å². The van der Waals surface area contributed by atoms with E-state index in [0.717, 1.165) is 35.1 Å². The van der Waals surface area contributed by atoms with Crippen LogP contribution in [0.5, 0.6) is 0 Å². The van der Waals surface area contributed by atoms with Crippen molar-refractivity contribution in [1.82, 2.24) is 9.80 Å². The summed E-state index contributed by atoms with van der Waals surface area (Å²) >= 11 is 2.26. The summed E-state index contributed by atoms with van der Waals surface area (Å²) < 4.78 is 1.16. The predicted octanol–water partition coefficient (Wildman–Crippen LogP) is 3.24. The van der Waals surface area contributed by atoms with E-state index in [1.807, 2.05) is 36.2 Å². The molecule has 110 valence electrons. The van der Waals surface area contributed by atoms with Crippen LogP contribution in [-0.2, 0) is 0 Å². The third-order valence-corrected chi connectivity index (χ3v) is 4.78. The zero-order valence-electron chi connectivity index (χ0n) is 12.3. The fourth-order valence-corrected chi connectivity index (χ4v) is 3.17. The van der Waals surface area contributed by atoms with Gasteiger partial charge in [-0.25, -0.2) is 0 Å². The quantitative estimate of drug-likeness (QED) is 0.742. The van der Waals surface area contributed by atoms with Gasteiger partial charge in [-0.15, -0.1) is 0 Å². The number of carbonyl (C=O) groups excluding carboxylic acids is 1. The molecule has 1 saturated heterocycles. The molecule has 0 aliphatic carbocycles. The highest BCUT2D eigenvalue weighted by molar-refractivity contribution is 14.1. The first-order valence-corrected chi connectivity index (χ1v) is 8.44. The molecule has 1 fully saturated rings. The molecule has 4 heteroatoms. The fraction of sp³-hybridized carbons (Fsp3) is 0.562. The summed E-state index contributed by atoms with van der Waals surface area (Å²) in [4.78, 5) is 16.9. The molecular weight excluding hydrogens is 363 g/mol. The topological polar surface area (TPSA) is 23.6 Å². The molecule has 1 heterocycles. The number of nitrogens with zero attached hydrogens (tertiary/aromatic N) is 2. The molecule has 3 nitrogen and oxygen atoms in total. The molecule has 1 aliphatic rings. The summed E-state index contributed by atoms with van der Waals surface area (Å²) in [5.74, 6) is 0.148. The highest BCUT2D eigenvalue weighted by atomic mass is 127. The number of likely N-dealkylation sites (tertiary alicyclic amines) is 1. The first kappa shape index (κ1) is 15.8. The molecule has 2 rings (SSSR count). The monoisotopic (exact) mass is 386 g/mol. The second kappa shape index (κ2) is 7.41. The molecule has 0 N–H and O–H groups in total. The van der Waals surface area contributed by atoms with Gasteiger partial charge in [0.25, 0.3) is 5.91 Å². The Morgan fingerprint density at radius 2 is 1.90 bits per heavy atom. The van der Waals surface area contributed by atoms with E-state index >= 15 is 0 Å². The van der Waals surface area contributed by atoms with E-state index in [4.69, 9.17) is 0 Å². The van der Waals surface area contributed by atoms with Gasteiger partial charge in [-0.2, -0.15) is 0 Å². The predicted molar refractivity (Wildman–Crippen MR) is 91.0 cm³/mol. The Bertz CT molecular complexity index is 438. The minimum atomic E-state index is 0.148. The maximum absolute atomic E-state index is 12.5. The van der Waals surface area contributed by atoms with Crippen LogP contribution >= 0.6 is 22.6 Å². The van der Waals surface area contributed by atoms with Gasteiger partial charge in [0.15, 0.2) is 0 Å². The zero-order chi connectivity index (χ0) is 14.5. The molecule has 1 aliphatic heterocycles. The summed E-state index contributed by atoms with van der Waals surface area (Å²) in [5, 5.41) is 0. The van der Waals surface area contributed by atoms with E-state index in [0.29, 0.717) is 6.04 Å². The number of halogens is 1. The van der Waals surface area contributed by atoms with Crippen LogP contribution in [0.4, 0.5) is 0 Å². The molecule has 20 heavy (non-hydrogen) atoms. The van der Waals surface area contributed by atoms with Crippen molar-refractivity contribution in [3.8, 4) is 0 Å². The number of hydrogen-bond acceptors (Lipinski definition) is 2. The van der Waals surface area contributed by atoms with E-state index in [1.54, 1.807) is 0 Å². The van der Waals surface area contributed by atoms with Gasteiger partial charge < -0.3 is 9.80 Å². The minimum Gasteiger partial charge on any atom is -0.339 e. The van der Waals surface area contributed by atoms with Crippen molar-refractivity contribution >= 4 is 28.5 Å². The molecule has 0 unspecified atom stereocenters.